The Bertz CT molecular complexity index is 985. The molecule has 0 fully saturated rings. The minimum atomic E-state index is -0.317. The monoisotopic (exact) mass is 414 g/mol. The van der Waals surface area contributed by atoms with Crippen molar-refractivity contribution in [3.63, 3.8) is 0 Å². The molecule has 7 nitrogen and oxygen atoms in total. The Balaban J connectivity index is 1.44. The van der Waals surface area contributed by atoms with Crippen molar-refractivity contribution < 1.29 is 14.3 Å². The van der Waals surface area contributed by atoms with Crippen LogP contribution in [0.3, 0.4) is 0 Å². The van der Waals surface area contributed by atoms with Crippen LogP contribution in [0.5, 0.6) is 5.75 Å². The van der Waals surface area contributed by atoms with E-state index in [-0.39, 0.29) is 24.9 Å². The number of carbonyl (C=O) groups is 2. The molecule has 0 saturated carbocycles. The van der Waals surface area contributed by atoms with E-state index in [1.54, 1.807) is 53.2 Å². The molecule has 0 aliphatic rings. The van der Waals surface area contributed by atoms with Crippen LogP contribution < -0.4 is 15.4 Å². The fraction of sp³-hybridized carbons (Fsp3) is 0.286. The van der Waals surface area contributed by atoms with E-state index in [0.717, 1.165) is 24.2 Å². The highest BCUT2D eigenvalue weighted by Gasteiger charge is 2.09. The van der Waals surface area contributed by atoms with Crippen LogP contribution in [0.4, 0.5) is 0 Å². The average Bonchev–Trinajstić information content (AvgIpc) is 3.13. The number of carbonyl (C=O) groups excluding carboxylic acids is 2. The van der Waals surface area contributed by atoms with Gasteiger partial charge in [0.15, 0.2) is 0 Å². The lowest BCUT2D eigenvalue weighted by Crippen LogP contribution is -2.36. The first-order valence-electron chi connectivity index (χ1n) is 9.46. The first-order valence-corrected chi connectivity index (χ1v) is 9.84. The molecule has 0 bridgehead atoms. The number of benzene rings is 1. The van der Waals surface area contributed by atoms with Crippen LogP contribution in [0.15, 0.2) is 48.8 Å². The molecule has 152 valence electrons. The number of aromatic nitrogens is 2. The van der Waals surface area contributed by atoms with Crippen LogP contribution in [0.1, 0.15) is 35.8 Å². The van der Waals surface area contributed by atoms with Gasteiger partial charge in [-0.3, -0.25) is 9.59 Å². The van der Waals surface area contributed by atoms with Gasteiger partial charge in [0, 0.05) is 18.0 Å². The van der Waals surface area contributed by atoms with Crippen LogP contribution in [0, 0.1) is 0 Å². The molecule has 3 aromatic rings. The minimum absolute atomic E-state index is 0.118. The fourth-order valence-electron chi connectivity index (χ4n) is 2.65. The maximum atomic E-state index is 12.2. The zero-order chi connectivity index (χ0) is 20.6. The van der Waals surface area contributed by atoms with Crippen LogP contribution >= 0.6 is 11.6 Å². The van der Waals surface area contributed by atoms with Gasteiger partial charge in [0.2, 0.25) is 5.91 Å². The largest absolute Gasteiger partial charge is 0.494 e. The Morgan fingerprint density at radius 3 is 2.66 bits per heavy atom. The minimum Gasteiger partial charge on any atom is -0.494 e. The van der Waals surface area contributed by atoms with Crippen molar-refractivity contribution in [1.29, 1.82) is 0 Å². The smallest absolute Gasteiger partial charge is 0.251 e. The van der Waals surface area contributed by atoms with E-state index in [4.69, 9.17) is 16.3 Å². The number of nitrogens with one attached hydrogen (secondary N) is 2. The first kappa shape index (κ1) is 20.7. The molecule has 2 heterocycles. The summed E-state index contributed by atoms with van der Waals surface area (Å²) in [5.74, 6) is 0.108. The lowest BCUT2D eigenvalue weighted by molar-refractivity contribution is -0.120. The molecule has 2 N–H and O–H groups in total. The lowest BCUT2D eigenvalue weighted by Gasteiger charge is -2.08. The van der Waals surface area contributed by atoms with E-state index in [1.807, 2.05) is 0 Å². The number of unbranched alkanes of at least 4 members (excludes halogenated alkanes) is 1. The van der Waals surface area contributed by atoms with E-state index in [9.17, 15) is 9.59 Å². The van der Waals surface area contributed by atoms with Gasteiger partial charge in [-0.15, -0.1) is 0 Å². The maximum Gasteiger partial charge on any atom is 0.251 e. The molecular formula is C21H23ClN4O3. The Morgan fingerprint density at radius 2 is 1.90 bits per heavy atom. The van der Waals surface area contributed by atoms with Gasteiger partial charge in [0.25, 0.3) is 5.91 Å². The number of pyridine rings is 1. The second-order valence-corrected chi connectivity index (χ2v) is 6.97. The molecular weight excluding hydrogens is 392 g/mol. The summed E-state index contributed by atoms with van der Waals surface area (Å²) >= 11 is 5.95. The molecule has 0 saturated heterocycles. The van der Waals surface area contributed by atoms with Gasteiger partial charge in [-0.2, -0.15) is 0 Å². The molecule has 0 aliphatic heterocycles. The first-order chi connectivity index (χ1) is 14.0. The Labute approximate surface area is 174 Å². The predicted molar refractivity (Wildman–Crippen MR) is 111 cm³/mol. The van der Waals surface area contributed by atoms with Crippen molar-refractivity contribution >= 4 is 29.1 Å². The Kier molecular flexibility index (Phi) is 7.08. The highest BCUT2D eigenvalue weighted by molar-refractivity contribution is 6.30. The molecule has 1 aromatic carbocycles. The average molecular weight is 415 g/mol. The predicted octanol–water partition coefficient (Wildman–Crippen LogP) is 3.21. The van der Waals surface area contributed by atoms with Gasteiger partial charge < -0.3 is 19.8 Å². The third-order valence-corrected chi connectivity index (χ3v) is 4.45. The summed E-state index contributed by atoms with van der Waals surface area (Å²) in [7, 11) is 0. The summed E-state index contributed by atoms with van der Waals surface area (Å²) in [6.07, 6.45) is 5.59. The normalized spacial score (nSPS) is 10.7. The second-order valence-electron chi connectivity index (χ2n) is 6.53. The van der Waals surface area contributed by atoms with Crippen molar-refractivity contribution in [3.8, 4) is 5.75 Å². The van der Waals surface area contributed by atoms with Crippen LogP contribution in [0.2, 0.25) is 5.02 Å². The standard InChI is InChI=1S/C21H23ClN4O3/c1-2-3-10-29-18-7-4-15(5-8-18)21(28)24-12-20(27)23-11-17-14-26-13-16(22)6-9-19(26)25-17/h4-9,13-14H,2-3,10-12H2,1H3,(H,23,27)(H,24,28). The topological polar surface area (TPSA) is 84.7 Å². The molecule has 0 atom stereocenters. The van der Waals surface area contributed by atoms with Crippen molar-refractivity contribution in [2.75, 3.05) is 13.2 Å². The van der Waals surface area contributed by atoms with Gasteiger partial charge >= 0.3 is 0 Å². The van der Waals surface area contributed by atoms with E-state index in [1.165, 1.54) is 0 Å². The Hall–Kier alpha value is -3.06. The number of fused-ring (bicyclic) bond motifs is 1. The van der Waals surface area contributed by atoms with Gasteiger partial charge in [-0.05, 0) is 42.8 Å². The van der Waals surface area contributed by atoms with Crippen molar-refractivity contribution in [1.82, 2.24) is 20.0 Å². The number of hydrogen-bond acceptors (Lipinski definition) is 4. The van der Waals surface area contributed by atoms with Gasteiger partial charge in [0.05, 0.1) is 30.4 Å². The molecule has 29 heavy (non-hydrogen) atoms. The quantitative estimate of drug-likeness (QED) is 0.526. The summed E-state index contributed by atoms with van der Waals surface area (Å²) in [5, 5.41) is 5.95. The molecule has 0 aliphatic carbocycles. The molecule has 0 spiro atoms. The van der Waals surface area contributed by atoms with E-state index in [0.29, 0.717) is 22.9 Å². The van der Waals surface area contributed by atoms with Gasteiger partial charge in [0.1, 0.15) is 11.4 Å². The van der Waals surface area contributed by atoms with Gasteiger partial charge in [-0.25, -0.2) is 4.98 Å². The van der Waals surface area contributed by atoms with Crippen LogP contribution in [-0.2, 0) is 11.3 Å². The number of amides is 2. The molecule has 0 unspecified atom stereocenters. The summed E-state index contributed by atoms with van der Waals surface area (Å²) in [6, 6.07) is 10.4. The third kappa shape index (κ3) is 5.96. The summed E-state index contributed by atoms with van der Waals surface area (Å²) in [6.45, 7) is 2.90. The number of imidazole rings is 1. The molecule has 2 amide bonds. The number of rotatable bonds is 9. The zero-order valence-electron chi connectivity index (χ0n) is 16.2. The SMILES string of the molecule is CCCCOc1ccc(C(=O)NCC(=O)NCc2cn3cc(Cl)ccc3n2)cc1. The second kappa shape index (κ2) is 9.93. The molecule has 3 rings (SSSR count). The molecule has 8 heteroatoms. The molecule has 2 aromatic heterocycles. The van der Waals surface area contributed by atoms with Crippen LogP contribution in [-0.4, -0.2) is 34.4 Å². The highest BCUT2D eigenvalue weighted by atomic mass is 35.5. The highest BCUT2D eigenvalue weighted by Crippen LogP contribution is 2.13. The van der Waals surface area contributed by atoms with E-state index in [2.05, 4.69) is 22.5 Å². The fourth-order valence-corrected chi connectivity index (χ4v) is 2.82. The van der Waals surface area contributed by atoms with Crippen molar-refractivity contribution in [3.05, 3.63) is 65.1 Å². The number of nitrogens with zero attached hydrogens (tertiary/aromatic N) is 2. The van der Waals surface area contributed by atoms with Crippen LogP contribution in [0.25, 0.3) is 5.65 Å². The summed E-state index contributed by atoms with van der Waals surface area (Å²) in [5.41, 5.74) is 1.91. The van der Waals surface area contributed by atoms with Gasteiger partial charge in [-0.1, -0.05) is 24.9 Å². The molecule has 0 radical (unpaired) electrons. The van der Waals surface area contributed by atoms with Crippen molar-refractivity contribution in [2.24, 2.45) is 0 Å². The summed E-state index contributed by atoms with van der Waals surface area (Å²) in [4.78, 5) is 28.6. The van der Waals surface area contributed by atoms with E-state index >= 15 is 0 Å². The third-order valence-electron chi connectivity index (χ3n) is 4.22. The lowest BCUT2D eigenvalue weighted by atomic mass is 10.2. The Morgan fingerprint density at radius 1 is 1.10 bits per heavy atom. The summed E-state index contributed by atoms with van der Waals surface area (Å²) < 4.78 is 7.36. The van der Waals surface area contributed by atoms with Crippen molar-refractivity contribution in [2.45, 2.75) is 26.3 Å². The number of halogens is 1. The maximum absolute atomic E-state index is 12.2. The number of hydrogen-bond donors (Lipinski definition) is 2. The van der Waals surface area contributed by atoms with E-state index < -0.39 is 0 Å². The number of ether oxygens (including phenoxy) is 1. The zero-order valence-corrected chi connectivity index (χ0v) is 16.9.